The Balaban J connectivity index is 2.86. The molecule has 104 valence electrons. The summed E-state index contributed by atoms with van der Waals surface area (Å²) in [6.45, 7) is -0.643. The molecule has 0 unspecified atom stereocenters. The average molecular weight is 271 g/mol. The van der Waals surface area contributed by atoms with E-state index in [1.807, 2.05) is 0 Å². The fourth-order valence-electron chi connectivity index (χ4n) is 1.36. The first-order chi connectivity index (χ1) is 9.03. The highest BCUT2D eigenvalue weighted by Crippen LogP contribution is 2.16. The van der Waals surface area contributed by atoms with Crippen molar-refractivity contribution in [2.24, 2.45) is 0 Å². The van der Waals surface area contributed by atoms with Gasteiger partial charge in [0.2, 0.25) is 0 Å². The Bertz CT molecular complexity index is 477. The van der Waals surface area contributed by atoms with Crippen LogP contribution < -0.4 is 10.1 Å². The summed E-state index contributed by atoms with van der Waals surface area (Å²) < 4.78 is 22.8. The highest BCUT2D eigenvalue weighted by molar-refractivity contribution is 5.97. The van der Waals surface area contributed by atoms with E-state index in [1.165, 1.54) is 19.2 Å². The average Bonchev–Trinajstić information content (AvgIpc) is 2.43. The van der Waals surface area contributed by atoms with Gasteiger partial charge in [-0.05, 0) is 12.1 Å². The molecule has 0 aromatic heterocycles. The van der Waals surface area contributed by atoms with Crippen LogP contribution in [0.2, 0.25) is 0 Å². The number of benzene rings is 1. The van der Waals surface area contributed by atoms with Crippen molar-refractivity contribution in [1.29, 1.82) is 0 Å². The van der Waals surface area contributed by atoms with Crippen molar-refractivity contribution in [3.63, 3.8) is 0 Å². The highest BCUT2D eigenvalue weighted by atomic mass is 19.1. The second-order valence-corrected chi connectivity index (χ2v) is 3.58. The predicted octanol–water partition coefficient (Wildman–Crippen LogP) is 0.0980. The first kappa shape index (κ1) is 14.9. The van der Waals surface area contributed by atoms with Gasteiger partial charge in [0.25, 0.3) is 5.91 Å². The third-order valence-electron chi connectivity index (χ3n) is 2.39. The van der Waals surface area contributed by atoms with E-state index in [9.17, 15) is 14.0 Å². The van der Waals surface area contributed by atoms with Crippen LogP contribution in [0.3, 0.4) is 0 Å². The van der Waals surface area contributed by atoms with Crippen molar-refractivity contribution >= 4 is 11.9 Å². The maximum Gasteiger partial charge on any atom is 0.330 e. The lowest BCUT2D eigenvalue weighted by atomic mass is 10.1. The van der Waals surface area contributed by atoms with Gasteiger partial charge >= 0.3 is 5.97 Å². The van der Waals surface area contributed by atoms with Crippen molar-refractivity contribution < 1.29 is 28.6 Å². The van der Waals surface area contributed by atoms with Crippen molar-refractivity contribution in [2.45, 2.75) is 6.04 Å². The van der Waals surface area contributed by atoms with E-state index in [4.69, 9.17) is 9.84 Å². The zero-order valence-corrected chi connectivity index (χ0v) is 10.5. The van der Waals surface area contributed by atoms with Gasteiger partial charge in [-0.2, -0.15) is 0 Å². The molecular weight excluding hydrogens is 257 g/mol. The number of carbonyl (C=O) groups is 2. The minimum Gasteiger partial charge on any atom is -0.497 e. The molecule has 0 bridgehead atoms. The zero-order chi connectivity index (χ0) is 14.4. The second kappa shape index (κ2) is 6.69. The van der Waals surface area contributed by atoms with Gasteiger partial charge in [-0.1, -0.05) is 0 Å². The van der Waals surface area contributed by atoms with Crippen LogP contribution in [0.4, 0.5) is 4.39 Å². The SMILES string of the molecule is COC(=O)[C@H](CO)NC(=O)c1ccc(OC)cc1F. The Morgan fingerprint density at radius 1 is 1.42 bits per heavy atom. The molecule has 0 saturated carbocycles. The smallest absolute Gasteiger partial charge is 0.330 e. The van der Waals surface area contributed by atoms with Crippen molar-refractivity contribution in [2.75, 3.05) is 20.8 Å². The van der Waals surface area contributed by atoms with Gasteiger partial charge in [-0.15, -0.1) is 0 Å². The fourth-order valence-corrected chi connectivity index (χ4v) is 1.36. The Morgan fingerprint density at radius 3 is 2.58 bits per heavy atom. The summed E-state index contributed by atoms with van der Waals surface area (Å²) in [6, 6.07) is 2.43. The topological polar surface area (TPSA) is 84.9 Å². The normalized spacial score (nSPS) is 11.6. The summed E-state index contributed by atoms with van der Waals surface area (Å²) in [6.07, 6.45) is 0. The lowest BCUT2D eigenvalue weighted by Gasteiger charge is -2.14. The summed E-state index contributed by atoms with van der Waals surface area (Å²) in [5, 5.41) is 11.1. The third-order valence-corrected chi connectivity index (χ3v) is 2.39. The molecule has 6 nitrogen and oxygen atoms in total. The lowest BCUT2D eigenvalue weighted by molar-refractivity contribution is -0.143. The number of esters is 1. The number of halogens is 1. The van der Waals surface area contributed by atoms with Gasteiger partial charge < -0.3 is 19.9 Å². The molecule has 0 heterocycles. The maximum absolute atomic E-state index is 13.6. The van der Waals surface area contributed by atoms with Crippen LogP contribution in [0.5, 0.6) is 5.75 Å². The van der Waals surface area contributed by atoms with Gasteiger partial charge in [-0.3, -0.25) is 4.79 Å². The van der Waals surface area contributed by atoms with Crippen LogP contribution >= 0.6 is 0 Å². The summed E-state index contributed by atoms with van der Waals surface area (Å²) in [4.78, 5) is 22.9. The molecule has 1 aromatic rings. The van der Waals surface area contributed by atoms with Crippen molar-refractivity contribution in [3.8, 4) is 5.75 Å². The number of hydrogen-bond donors (Lipinski definition) is 2. The van der Waals surface area contributed by atoms with Crippen LogP contribution in [0.15, 0.2) is 18.2 Å². The number of amides is 1. The van der Waals surface area contributed by atoms with E-state index >= 15 is 0 Å². The van der Waals surface area contributed by atoms with Gasteiger partial charge in [0.05, 0.1) is 26.4 Å². The molecule has 2 N–H and O–H groups in total. The number of aliphatic hydroxyl groups excluding tert-OH is 1. The molecule has 1 rings (SSSR count). The minimum atomic E-state index is -1.24. The Labute approximate surface area is 109 Å². The minimum absolute atomic E-state index is 0.261. The molecular formula is C12H14FNO5. The number of hydrogen-bond acceptors (Lipinski definition) is 5. The largest absolute Gasteiger partial charge is 0.497 e. The molecule has 19 heavy (non-hydrogen) atoms. The van der Waals surface area contributed by atoms with Crippen LogP contribution in [0.1, 0.15) is 10.4 Å². The van der Waals surface area contributed by atoms with E-state index in [1.54, 1.807) is 0 Å². The van der Waals surface area contributed by atoms with Gasteiger partial charge in [0, 0.05) is 6.07 Å². The van der Waals surface area contributed by atoms with Crippen LogP contribution in [0, 0.1) is 5.82 Å². The van der Waals surface area contributed by atoms with Crippen LogP contribution in [-0.4, -0.2) is 43.9 Å². The first-order valence-corrected chi connectivity index (χ1v) is 5.36. The number of aliphatic hydroxyl groups is 1. The molecule has 0 spiro atoms. The molecule has 0 aliphatic carbocycles. The highest BCUT2D eigenvalue weighted by Gasteiger charge is 2.22. The number of carbonyl (C=O) groups excluding carboxylic acids is 2. The van der Waals surface area contributed by atoms with Gasteiger partial charge in [0.1, 0.15) is 11.6 Å². The molecule has 0 aliphatic rings. The van der Waals surface area contributed by atoms with E-state index in [-0.39, 0.29) is 11.3 Å². The van der Waals surface area contributed by atoms with Crippen molar-refractivity contribution in [1.82, 2.24) is 5.32 Å². The van der Waals surface area contributed by atoms with E-state index in [0.717, 1.165) is 13.2 Å². The molecule has 7 heteroatoms. The number of rotatable bonds is 5. The first-order valence-electron chi connectivity index (χ1n) is 5.36. The number of nitrogens with one attached hydrogen (secondary N) is 1. The maximum atomic E-state index is 13.6. The summed E-state index contributed by atoms with van der Waals surface area (Å²) in [5.74, 6) is -2.17. The van der Waals surface area contributed by atoms with E-state index < -0.39 is 30.3 Å². The monoisotopic (exact) mass is 271 g/mol. The molecule has 0 fully saturated rings. The quantitative estimate of drug-likeness (QED) is 0.742. The van der Waals surface area contributed by atoms with Crippen LogP contribution in [-0.2, 0) is 9.53 Å². The molecule has 0 radical (unpaired) electrons. The van der Waals surface area contributed by atoms with E-state index in [2.05, 4.69) is 10.1 Å². The zero-order valence-electron chi connectivity index (χ0n) is 10.5. The molecule has 1 aromatic carbocycles. The lowest BCUT2D eigenvalue weighted by Crippen LogP contribution is -2.44. The van der Waals surface area contributed by atoms with Gasteiger partial charge in [-0.25, -0.2) is 9.18 Å². The Morgan fingerprint density at radius 2 is 2.11 bits per heavy atom. The fraction of sp³-hybridized carbons (Fsp3) is 0.333. The predicted molar refractivity (Wildman–Crippen MR) is 63.3 cm³/mol. The summed E-state index contributed by atoms with van der Waals surface area (Å²) in [7, 11) is 2.48. The Hall–Kier alpha value is -2.15. The number of ether oxygens (including phenoxy) is 2. The standard InChI is InChI=1S/C12H14FNO5/c1-18-7-3-4-8(9(13)5-7)11(16)14-10(6-15)12(17)19-2/h3-5,10,15H,6H2,1-2H3,(H,14,16)/t10-/m0/s1. The number of methoxy groups -OCH3 is 2. The molecule has 1 atom stereocenters. The molecule has 1 amide bonds. The summed E-state index contributed by atoms with van der Waals surface area (Å²) >= 11 is 0. The van der Waals surface area contributed by atoms with E-state index in [0.29, 0.717) is 0 Å². The summed E-state index contributed by atoms with van der Waals surface area (Å²) in [5.41, 5.74) is -0.261. The molecule has 0 saturated heterocycles. The van der Waals surface area contributed by atoms with Crippen molar-refractivity contribution in [3.05, 3.63) is 29.6 Å². The second-order valence-electron chi connectivity index (χ2n) is 3.58. The third kappa shape index (κ3) is 3.65. The Kier molecular flexibility index (Phi) is 5.25. The van der Waals surface area contributed by atoms with Crippen LogP contribution in [0.25, 0.3) is 0 Å². The van der Waals surface area contributed by atoms with Gasteiger partial charge in [0.15, 0.2) is 6.04 Å². The molecule has 0 aliphatic heterocycles.